The molecule has 4 nitrogen and oxygen atoms in total. The number of hydrogen-bond acceptors (Lipinski definition) is 5. The molecule has 1 atom stereocenters. The summed E-state index contributed by atoms with van der Waals surface area (Å²) in [4.78, 5) is 8.95. The van der Waals surface area contributed by atoms with E-state index in [9.17, 15) is 0 Å². The smallest absolute Gasteiger partial charge is 0.134 e. The first kappa shape index (κ1) is 15.1. The number of thioether (sulfide) groups is 1. The lowest BCUT2D eigenvalue weighted by molar-refractivity contribution is 0.884. The number of rotatable bonds is 7. The molecule has 1 rings (SSSR count). The second-order valence-corrected chi connectivity index (χ2v) is 5.43. The molecule has 0 saturated heterocycles. The van der Waals surface area contributed by atoms with E-state index in [1.165, 1.54) is 0 Å². The third-order valence-electron chi connectivity index (χ3n) is 2.60. The summed E-state index contributed by atoms with van der Waals surface area (Å²) in [5.41, 5.74) is 1.10. The lowest BCUT2D eigenvalue weighted by Gasteiger charge is -2.17. The second kappa shape index (κ2) is 7.46. The summed E-state index contributed by atoms with van der Waals surface area (Å²) >= 11 is 1.84. The monoisotopic (exact) mass is 268 g/mol. The van der Waals surface area contributed by atoms with Gasteiger partial charge in [0.05, 0.1) is 0 Å². The highest BCUT2D eigenvalue weighted by Crippen LogP contribution is 2.20. The highest BCUT2D eigenvalue weighted by atomic mass is 32.2. The van der Waals surface area contributed by atoms with Gasteiger partial charge in [0.2, 0.25) is 0 Å². The molecule has 2 N–H and O–H groups in total. The number of nitrogens with one attached hydrogen (secondary N) is 2. The number of aryl methyl sites for hydroxylation is 1. The molecule has 0 amide bonds. The van der Waals surface area contributed by atoms with Crippen molar-refractivity contribution in [1.29, 1.82) is 0 Å². The van der Waals surface area contributed by atoms with Crippen molar-refractivity contribution in [3.8, 4) is 0 Å². The zero-order valence-electron chi connectivity index (χ0n) is 12.0. The molecule has 1 heterocycles. The van der Waals surface area contributed by atoms with Crippen LogP contribution in [0.1, 0.15) is 31.7 Å². The van der Waals surface area contributed by atoms with E-state index in [1.807, 2.05) is 18.7 Å². The Balaban J connectivity index is 2.86. The largest absolute Gasteiger partial charge is 0.370 e. The second-order valence-electron chi connectivity index (χ2n) is 4.52. The molecular weight excluding hydrogens is 244 g/mol. The zero-order valence-corrected chi connectivity index (χ0v) is 12.8. The van der Waals surface area contributed by atoms with Crippen molar-refractivity contribution in [3.63, 3.8) is 0 Å². The van der Waals surface area contributed by atoms with Gasteiger partial charge in [-0.2, -0.15) is 11.8 Å². The highest BCUT2D eigenvalue weighted by Gasteiger charge is 2.10. The third kappa shape index (κ3) is 4.37. The van der Waals surface area contributed by atoms with Crippen LogP contribution in [-0.2, 0) is 0 Å². The van der Waals surface area contributed by atoms with E-state index >= 15 is 0 Å². The quantitative estimate of drug-likeness (QED) is 0.796. The molecule has 0 aliphatic heterocycles. The highest BCUT2D eigenvalue weighted by molar-refractivity contribution is 7.98. The predicted octanol–water partition coefficient (Wildman–Crippen LogP) is 3.08. The molecule has 0 fully saturated rings. The maximum absolute atomic E-state index is 4.49. The van der Waals surface area contributed by atoms with E-state index < -0.39 is 0 Å². The fourth-order valence-corrected chi connectivity index (χ4v) is 2.29. The van der Waals surface area contributed by atoms with Crippen molar-refractivity contribution in [3.05, 3.63) is 11.4 Å². The fourth-order valence-electron chi connectivity index (χ4n) is 1.71. The molecule has 0 bridgehead atoms. The van der Waals surface area contributed by atoms with Crippen LogP contribution in [0.15, 0.2) is 0 Å². The summed E-state index contributed by atoms with van der Waals surface area (Å²) in [6.07, 6.45) is 3.21. The summed E-state index contributed by atoms with van der Waals surface area (Å²) in [6.45, 7) is 9.26. The summed E-state index contributed by atoms with van der Waals surface area (Å²) in [5, 5.41) is 6.81. The van der Waals surface area contributed by atoms with Crippen LogP contribution in [0.5, 0.6) is 0 Å². The van der Waals surface area contributed by atoms with Crippen molar-refractivity contribution < 1.29 is 0 Å². The lowest BCUT2D eigenvalue weighted by atomic mass is 10.2. The molecule has 1 aromatic rings. The SMILES string of the molecule is CCCNc1nc(C)nc(NC(C)CSC)c1C. The number of anilines is 2. The van der Waals surface area contributed by atoms with Crippen LogP contribution in [0.3, 0.4) is 0 Å². The molecule has 0 aromatic carbocycles. The van der Waals surface area contributed by atoms with Gasteiger partial charge in [-0.1, -0.05) is 6.92 Å². The number of hydrogen-bond donors (Lipinski definition) is 2. The molecule has 0 radical (unpaired) electrons. The summed E-state index contributed by atoms with van der Waals surface area (Å²) in [7, 11) is 0. The van der Waals surface area contributed by atoms with E-state index in [2.05, 4.69) is 47.6 Å². The Morgan fingerprint density at radius 3 is 2.50 bits per heavy atom. The van der Waals surface area contributed by atoms with Gasteiger partial charge in [-0.15, -0.1) is 0 Å². The van der Waals surface area contributed by atoms with E-state index in [-0.39, 0.29) is 0 Å². The van der Waals surface area contributed by atoms with Crippen molar-refractivity contribution in [2.75, 3.05) is 29.2 Å². The van der Waals surface area contributed by atoms with Crippen molar-refractivity contribution in [2.24, 2.45) is 0 Å². The molecule has 0 saturated carbocycles. The molecule has 1 unspecified atom stereocenters. The van der Waals surface area contributed by atoms with Crippen LogP contribution in [-0.4, -0.2) is 34.6 Å². The lowest BCUT2D eigenvalue weighted by Crippen LogP contribution is -2.20. The van der Waals surface area contributed by atoms with Gasteiger partial charge in [0.25, 0.3) is 0 Å². The van der Waals surface area contributed by atoms with Gasteiger partial charge < -0.3 is 10.6 Å². The summed E-state index contributed by atoms with van der Waals surface area (Å²) in [5.74, 6) is 3.77. The molecule has 0 aliphatic carbocycles. The van der Waals surface area contributed by atoms with Crippen molar-refractivity contribution in [2.45, 2.75) is 40.2 Å². The Morgan fingerprint density at radius 2 is 1.89 bits per heavy atom. The van der Waals surface area contributed by atoms with Crippen molar-refractivity contribution in [1.82, 2.24) is 9.97 Å². The predicted molar refractivity (Wildman–Crippen MR) is 81.8 cm³/mol. The molecule has 1 aromatic heterocycles. The average Bonchev–Trinajstić information content (AvgIpc) is 2.31. The van der Waals surface area contributed by atoms with Crippen LogP contribution in [0.4, 0.5) is 11.6 Å². The molecule has 0 aliphatic rings. The fraction of sp³-hybridized carbons (Fsp3) is 0.692. The first-order valence-corrected chi connectivity index (χ1v) is 7.82. The van der Waals surface area contributed by atoms with E-state index in [0.717, 1.165) is 41.7 Å². The standard InChI is InChI=1S/C13H24N4S/c1-6-7-14-12-10(3)13(17-11(4)16-12)15-9(2)8-18-5/h9H,6-8H2,1-5H3,(H2,14,15,16,17). The van der Waals surface area contributed by atoms with Crippen LogP contribution < -0.4 is 10.6 Å². The molecule has 0 spiro atoms. The Kier molecular flexibility index (Phi) is 6.25. The van der Waals surface area contributed by atoms with Gasteiger partial charge >= 0.3 is 0 Å². The van der Waals surface area contributed by atoms with E-state index in [0.29, 0.717) is 6.04 Å². The normalized spacial score (nSPS) is 12.3. The maximum atomic E-state index is 4.49. The minimum Gasteiger partial charge on any atom is -0.370 e. The van der Waals surface area contributed by atoms with Crippen LogP contribution in [0.25, 0.3) is 0 Å². The van der Waals surface area contributed by atoms with Gasteiger partial charge in [-0.3, -0.25) is 0 Å². The Labute approximate surface area is 114 Å². The molecular formula is C13H24N4S. The minimum absolute atomic E-state index is 0.409. The zero-order chi connectivity index (χ0) is 13.5. The minimum atomic E-state index is 0.409. The average molecular weight is 268 g/mol. The van der Waals surface area contributed by atoms with Crippen LogP contribution in [0.2, 0.25) is 0 Å². The summed E-state index contributed by atoms with van der Waals surface area (Å²) in [6, 6.07) is 0.409. The summed E-state index contributed by atoms with van der Waals surface area (Å²) < 4.78 is 0. The van der Waals surface area contributed by atoms with E-state index in [4.69, 9.17) is 0 Å². The van der Waals surface area contributed by atoms with Crippen LogP contribution >= 0.6 is 11.8 Å². The maximum Gasteiger partial charge on any atom is 0.134 e. The Bertz CT molecular complexity index is 381. The number of nitrogens with zero attached hydrogens (tertiary/aromatic N) is 2. The molecule has 5 heteroatoms. The van der Waals surface area contributed by atoms with Crippen LogP contribution in [0, 0.1) is 13.8 Å². The first-order valence-electron chi connectivity index (χ1n) is 6.43. The van der Waals surface area contributed by atoms with Gasteiger partial charge in [0, 0.05) is 23.9 Å². The van der Waals surface area contributed by atoms with Gasteiger partial charge in [-0.25, -0.2) is 9.97 Å². The molecule has 102 valence electrons. The topological polar surface area (TPSA) is 49.8 Å². The van der Waals surface area contributed by atoms with Gasteiger partial charge in [0.1, 0.15) is 17.5 Å². The number of aromatic nitrogens is 2. The third-order valence-corrected chi connectivity index (χ3v) is 3.43. The first-order chi connectivity index (χ1) is 8.58. The molecule has 18 heavy (non-hydrogen) atoms. The van der Waals surface area contributed by atoms with E-state index in [1.54, 1.807) is 0 Å². The van der Waals surface area contributed by atoms with Gasteiger partial charge in [-0.05, 0) is 33.4 Å². The Hall–Kier alpha value is -0.970. The Morgan fingerprint density at radius 1 is 1.22 bits per heavy atom. The van der Waals surface area contributed by atoms with Gasteiger partial charge in [0.15, 0.2) is 0 Å². The van der Waals surface area contributed by atoms with Crippen molar-refractivity contribution >= 4 is 23.4 Å².